The Labute approximate surface area is 118 Å². The molecule has 0 amide bonds. The highest BCUT2D eigenvalue weighted by Crippen LogP contribution is 2.21. The summed E-state index contributed by atoms with van der Waals surface area (Å²) in [5, 5.41) is 4.89. The Bertz CT molecular complexity index is 504. The zero-order chi connectivity index (χ0) is 13.1. The fourth-order valence-corrected chi connectivity index (χ4v) is 3.59. The maximum atomic E-state index is 4.68. The minimum Gasteiger partial charge on any atom is -0.308 e. The molecule has 1 fully saturated rings. The molecule has 1 atom stereocenters. The second kappa shape index (κ2) is 5.99. The van der Waals surface area contributed by atoms with Gasteiger partial charge in [-0.05, 0) is 51.5 Å². The predicted molar refractivity (Wildman–Crippen MR) is 81.6 cm³/mol. The summed E-state index contributed by atoms with van der Waals surface area (Å²) >= 11 is 1.81. The van der Waals surface area contributed by atoms with Crippen LogP contribution in [0.15, 0.2) is 24.3 Å². The first kappa shape index (κ1) is 13.0. The third kappa shape index (κ3) is 3.32. The summed E-state index contributed by atoms with van der Waals surface area (Å²) in [5.74, 6) is 0. The molecule has 1 aromatic carbocycles. The number of para-hydroxylation sites is 1. The molecule has 1 aromatic heterocycles. The molecular formula is C15H21N3S. The molecule has 1 aliphatic heterocycles. The Balaban J connectivity index is 1.59. The van der Waals surface area contributed by atoms with Gasteiger partial charge in [-0.15, -0.1) is 11.3 Å². The van der Waals surface area contributed by atoms with Gasteiger partial charge in [-0.25, -0.2) is 4.98 Å². The number of nitrogens with zero attached hydrogens (tertiary/aromatic N) is 2. The number of fused-ring (bicyclic) bond motifs is 1. The van der Waals surface area contributed by atoms with E-state index in [1.54, 1.807) is 0 Å². The Kier molecular flexibility index (Phi) is 4.11. The molecule has 0 spiro atoms. The van der Waals surface area contributed by atoms with Gasteiger partial charge in [0.2, 0.25) is 0 Å². The number of benzene rings is 1. The van der Waals surface area contributed by atoms with Gasteiger partial charge in [0, 0.05) is 12.6 Å². The lowest BCUT2D eigenvalue weighted by Gasteiger charge is -2.15. The summed E-state index contributed by atoms with van der Waals surface area (Å²) in [6.45, 7) is 3.35. The molecule has 4 heteroatoms. The van der Waals surface area contributed by atoms with Crippen molar-refractivity contribution in [3.63, 3.8) is 0 Å². The highest BCUT2D eigenvalue weighted by Gasteiger charge is 2.14. The molecule has 102 valence electrons. The van der Waals surface area contributed by atoms with Gasteiger partial charge in [0.05, 0.1) is 10.2 Å². The number of likely N-dealkylation sites (tertiary alicyclic amines) is 1. The molecule has 3 rings (SSSR count). The SMILES string of the molecule is CN1CCCC(NCc2nc3ccccc3s2)CC1. The lowest BCUT2D eigenvalue weighted by atomic mass is 10.1. The van der Waals surface area contributed by atoms with E-state index in [0.717, 1.165) is 12.1 Å². The van der Waals surface area contributed by atoms with Crippen LogP contribution in [0.25, 0.3) is 10.2 Å². The monoisotopic (exact) mass is 275 g/mol. The van der Waals surface area contributed by atoms with E-state index in [0.29, 0.717) is 6.04 Å². The fraction of sp³-hybridized carbons (Fsp3) is 0.533. The molecule has 0 saturated carbocycles. The standard InChI is InChI=1S/C15H21N3S/c1-18-9-4-5-12(8-10-18)16-11-15-17-13-6-2-3-7-14(13)19-15/h2-3,6-7,12,16H,4-5,8-11H2,1H3. The van der Waals surface area contributed by atoms with Crippen molar-refractivity contribution in [3.05, 3.63) is 29.3 Å². The second-order valence-corrected chi connectivity index (χ2v) is 6.50. The van der Waals surface area contributed by atoms with Gasteiger partial charge < -0.3 is 10.2 Å². The van der Waals surface area contributed by atoms with Gasteiger partial charge in [-0.2, -0.15) is 0 Å². The molecule has 1 aliphatic rings. The number of hydrogen-bond acceptors (Lipinski definition) is 4. The quantitative estimate of drug-likeness (QED) is 0.933. The van der Waals surface area contributed by atoms with Crippen LogP contribution in [0.5, 0.6) is 0 Å². The van der Waals surface area contributed by atoms with Gasteiger partial charge >= 0.3 is 0 Å². The van der Waals surface area contributed by atoms with E-state index in [9.17, 15) is 0 Å². The molecule has 2 heterocycles. The first-order valence-electron chi connectivity index (χ1n) is 7.07. The lowest BCUT2D eigenvalue weighted by molar-refractivity contribution is 0.343. The molecule has 1 saturated heterocycles. The van der Waals surface area contributed by atoms with Crippen molar-refractivity contribution in [1.82, 2.24) is 15.2 Å². The van der Waals surface area contributed by atoms with Gasteiger partial charge in [0.25, 0.3) is 0 Å². The van der Waals surface area contributed by atoms with Crippen molar-refractivity contribution in [1.29, 1.82) is 0 Å². The molecule has 1 N–H and O–H groups in total. The lowest BCUT2D eigenvalue weighted by Crippen LogP contribution is -2.29. The Morgan fingerprint density at radius 2 is 2.21 bits per heavy atom. The van der Waals surface area contributed by atoms with Gasteiger partial charge in [0.15, 0.2) is 0 Å². The maximum absolute atomic E-state index is 4.68. The maximum Gasteiger partial charge on any atom is 0.108 e. The van der Waals surface area contributed by atoms with Crippen molar-refractivity contribution in [2.75, 3.05) is 20.1 Å². The smallest absolute Gasteiger partial charge is 0.108 e. The zero-order valence-electron chi connectivity index (χ0n) is 11.4. The van der Waals surface area contributed by atoms with Crippen molar-refractivity contribution < 1.29 is 0 Å². The number of hydrogen-bond donors (Lipinski definition) is 1. The van der Waals surface area contributed by atoms with E-state index in [1.165, 1.54) is 42.1 Å². The second-order valence-electron chi connectivity index (χ2n) is 5.39. The molecule has 2 aromatic rings. The summed E-state index contributed by atoms with van der Waals surface area (Å²) in [6.07, 6.45) is 3.84. The van der Waals surface area contributed by atoms with Crippen LogP contribution in [0, 0.1) is 0 Å². The predicted octanol–water partition coefficient (Wildman–Crippen LogP) is 2.87. The third-order valence-electron chi connectivity index (χ3n) is 3.83. The Morgan fingerprint density at radius 3 is 3.11 bits per heavy atom. The average Bonchev–Trinajstić information content (AvgIpc) is 2.72. The number of nitrogens with one attached hydrogen (secondary N) is 1. The largest absolute Gasteiger partial charge is 0.308 e. The van der Waals surface area contributed by atoms with Crippen molar-refractivity contribution in [2.45, 2.75) is 31.8 Å². The van der Waals surface area contributed by atoms with Gasteiger partial charge in [-0.1, -0.05) is 12.1 Å². The molecule has 0 radical (unpaired) electrons. The van der Waals surface area contributed by atoms with E-state index in [2.05, 4.69) is 46.5 Å². The number of rotatable bonds is 3. The normalized spacial score (nSPS) is 21.6. The van der Waals surface area contributed by atoms with Crippen LogP contribution >= 0.6 is 11.3 Å². The van der Waals surface area contributed by atoms with Crippen LogP contribution in [0.2, 0.25) is 0 Å². The third-order valence-corrected chi connectivity index (χ3v) is 4.87. The van der Waals surface area contributed by atoms with Crippen LogP contribution < -0.4 is 5.32 Å². The molecule has 0 aliphatic carbocycles. The highest BCUT2D eigenvalue weighted by molar-refractivity contribution is 7.18. The summed E-state index contributed by atoms with van der Waals surface area (Å²) in [4.78, 5) is 7.11. The molecule has 3 nitrogen and oxygen atoms in total. The number of thiazole rings is 1. The van der Waals surface area contributed by atoms with Crippen LogP contribution in [0.3, 0.4) is 0 Å². The topological polar surface area (TPSA) is 28.2 Å². The van der Waals surface area contributed by atoms with Crippen molar-refractivity contribution in [2.24, 2.45) is 0 Å². The van der Waals surface area contributed by atoms with E-state index in [1.807, 2.05) is 11.3 Å². The summed E-state index contributed by atoms with van der Waals surface area (Å²) in [5.41, 5.74) is 1.13. The Hall–Kier alpha value is -0.970. The van der Waals surface area contributed by atoms with Gasteiger partial charge in [-0.3, -0.25) is 0 Å². The minimum atomic E-state index is 0.650. The van der Waals surface area contributed by atoms with Crippen LogP contribution in [0.4, 0.5) is 0 Å². The van der Waals surface area contributed by atoms with E-state index >= 15 is 0 Å². The first-order valence-corrected chi connectivity index (χ1v) is 7.89. The minimum absolute atomic E-state index is 0.650. The molecule has 0 bridgehead atoms. The van der Waals surface area contributed by atoms with Crippen LogP contribution in [-0.2, 0) is 6.54 Å². The zero-order valence-corrected chi connectivity index (χ0v) is 12.2. The van der Waals surface area contributed by atoms with Crippen LogP contribution in [0.1, 0.15) is 24.3 Å². The van der Waals surface area contributed by atoms with Crippen LogP contribution in [-0.4, -0.2) is 36.1 Å². The summed E-state index contributed by atoms with van der Waals surface area (Å²) < 4.78 is 1.29. The van der Waals surface area contributed by atoms with Gasteiger partial charge in [0.1, 0.15) is 5.01 Å². The molecule has 19 heavy (non-hydrogen) atoms. The first-order chi connectivity index (χ1) is 9.31. The molecular weight excluding hydrogens is 254 g/mol. The molecule has 1 unspecified atom stereocenters. The summed E-state index contributed by atoms with van der Waals surface area (Å²) in [7, 11) is 2.22. The Morgan fingerprint density at radius 1 is 1.32 bits per heavy atom. The fourth-order valence-electron chi connectivity index (χ4n) is 2.67. The van der Waals surface area contributed by atoms with Crippen molar-refractivity contribution in [3.8, 4) is 0 Å². The highest BCUT2D eigenvalue weighted by atomic mass is 32.1. The average molecular weight is 275 g/mol. The summed E-state index contributed by atoms with van der Waals surface area (Å²) in [6, 6.07) is 9.03. The van der Waals surface area contributed by atoms with E-state index < -0.39 is 0 Å². The number of aromatic nitrogens is 1. The van der Waals surface area contributed by atoms with E-state index in [-0.39, 0.29) is 0 Å². The van der Waals surface area contributed by atoms with E-state index in [4.69, 9.17) is 0 Å². The van der Waals surface area contributed by atoms with Crippen molar-refractivity contribution >= 4 is 21.6 Å².